The van der Waals surface area contributed by atoms with Crippen LogP contribution in [0.15, 0.2) is 18.2 Å². The van der Waals surface area contributed by atoms with Crippen LogP contribution < -0.4 is 9.47 Å². The van der Waals surface area contributed by atoms with Crippen LogP contribution in [0, 0.1) is 0 Å². The van der Waals surface area contributed by atoms with Gasteiger partial charge in [-0.3, -0.25) is 0 Å². The Morgan fingerprint density at radius 2 is 1.76 bits per heavy atom. The predicted octanol–water partition coefficient (Wildman–Crippen LogP) is 2.78. The molecule has 0 fully saturated rings. The van der Waals surface area contributed by atoms with Crippen molar-refractivity contribution in [1.82, 2.24) is 4.90 Å². The van der Waals surface area contributed by atoms with Crippen molar-refractivity contribution >= 4 is 12.4 Å². The minimum atomic E-state index is 0. The first-order valence-corrected chi connectivity index (χ1v) is 7.52. The molecule has 0 unspecified atom stereocenters. The maximum atomic E-state index is 5.70. The summed E-state index contributed by atoms with van der Waals surface area (Å²) in [5.41, 5.74) is 1.23. The zero-order valence-electron chi connectivity index (χ0n) is 13.0. The summed E-state index contributed by atoms with van der Waals surface area (Å²) in [6.07, 6.45) is 0.912. The number of benzene rings is 1. The Kier molecular flexibility index (Phi) is 8.50. The summed E-state index contributed by atoms with van der Waals surface area (Å²) in [6, 6.07) is 6.13. The summed E-state index contributed by atoms with van der Waals surface area (Å²) in [6.45, 7) is 10.4. The van der Waals surface area contributed by atoms with Crippen molar-refractivity contribution in [2.45, 2.75) is 20.3 Å². The predicted molar refractivity (Wildman–Crippen MR) is 87.0 cm³/mol. The van der Waals surface area contributed by atoms with Crippen LogP contribution >= 0.6 is 12.4 Å². The van der Waals surface area contributed by atoms with Crippen LogP contribution in [0.5, 0.6) is 11.5 Å². The van der Waals surface area contributed by atoms with Crippen LogP contribution in [0.4, 0.5) is 0 Å². The number of rotatable bonds is 8. The summed E-state index contributed by atoms with van der Waals surface area (Å²) in [5.74, 6) is 1.71. The van der Waals surface area contributed by atoms with Gasteiger partial charge in [-0.1, -0.05) is 19.9 Å². The number of halogens is 1. The van der Waals surface area contributed by atoms with E-state index in [2.05, 4.69) is 30.9 Å². The summed E-state index contributed by atoms with van der Waals surface area (Å²) in [7, 11) is 0. The Labute approximate surface area is 133 Å². The van der Waals surface area contributed by atoms with Crippen LogP contribution in [0.25, 0.3) is 0 Å². The Morgan fingerprint density at radius 1 is 1.05 bits per heavy atom. The lowest BCUT2D eigenvalue weighted by Gasteiger charge is -2.19. The van der Waals surface area contributed by atoms with Gasteiger partial charge in [0.05, 0.1) is 13.2 Å². The van der Waals surface area contributed by atoms with E-state index in [1.807, 2.05) is 6.07 Å². The highest BCUT2D eigenvalue weighted by Gasteiger charge is 2.11. The quantitative estimate of drug-likeness (QED) is 0.690. The first-order chi connectivity index (χ1) is 9.83. The number of ether oxygens (including phenoxy) is 3. The van der Waals surface area contributed by atoms with E-state index in [1.165, 1.54) is 5.56 Å². The molecule has 0 N–H and O–H groups in total. The molecule has 0 radical (unpaired) electrons. The van der Waals surface area contributed by atoms with E-state index in [9.17, 15) is 0 Å². The molecule has 0 saturated carbocycles. The van der Waals surface area contributed by atoms with Gasteiger partial charge in [-0.2, -0.15) is 0 Å². The first kappa shape index (κ1) is 18.1. The molecule has 1 aromatic rings. The van der Waals surface area contributed by atoms with Gasteiger partial charge in [-0.25, -0.2) is 0 Å². The van der Waals surface area contributed by atoms with E-state index in [-0.39, 0.29) is 12.4 Å². The van der Waals surface area contributed by atoms with E-state index in [0.717, 1.165) is 50.8 Å². The summed E-state index contributed by atoms with van der Waals surface area (Å²) in [4.78, 5) is 2.37. The molecular weight excluding hydrogens is 290 g/mol. The number of fused-ring (bicyclic) bond motifs is 1. The normalized spacial score (nSPS) is 13.1. The van der Waals surface area contributed by atoms with Crippen molar-refractivity contribution in [2.75, 3.05) is 46.1 Å². The maximum absolute atomic E-state index is 5.70. The second-order valence-electron chi connectivity index (χ2n) is 4.87. The third-order valence-corrected chi connectivity index (χ3v) is 3.59. The topological polar surface area (TPSA) is 30.9 Å². The minimum Gasteiger partial charge on any atom is -0.486 e. The minimum absolute atomic E-state index is 0. The second kappa shape index (κ2) is 9.87. The average molecular weight is 316 g/mol. The summed E-state index contributed by atoms with van der Waals surface area (Å²) in [5, 5.41) is 0. The van der Waals surface area contributed by atoms with Crippen molar-refractivity contribution in [3.63, 3.8) is 0 Å². The highest BCUT2D eigenvalue weighted by molar-refractivity contribution is 5.85. The summed E-state index contributed by atoms with van der Waals surface area (Å²) < 4.78 is 16.8. The third kappa shape index (κ3) is 5.73. The van der Waals surface area contributed by atoms with Crippen molar-refractivity contribution in [3.8, 4) is 11.5 Å². The smallest absolute Gasteiger partial charge is 0.161 e. The molecular formula is C16H26ClNO3. The van der Waals surface area contributed by atoms with Gasteiger partial charge < -0.3 is 19.1 Å². The van der Waals surface area contributed by atoms with Gasteiger partial charge in [0.15, 0.2) is 11.5 Å². The molecule has 1 heterocycles. The molecule has 0 atom stereocenters. The number of likely N-dealkylation sites (N-methyl/N-ethyl adjacent to an activating group) is 1. The fourth-order valence-electron chi connectivity index (χ4n) is 2.27. The third-order valence-electron chi connectivity index (χ3n) is 3.59. The molecule has 21 heavy (non-hydrogen) atoms. The molecule has 0 saturated heterocycles. The molecule has 0 aliphatic carbocycles. The van der Waals surface area contributed by atoms with Gasteiger partial charge in [0.2, 0.25) is 0 Å². The van der Waals surface area contributed by atoms with Crippen LogP contribution in [0.2, 0.25) is 0 Å². The molecule has 2 rings (SSSR count). The van der Waals surface area contributed by atoms with Crippen molar-refractivity contribution in [3.05, 3.63) is 23.8 Å². The molecule has 1 aromatic carbocycles. The Morgan fingerprint density at radius 3 is 2.48 bits per heavy atom. The molecule has 0 spiro atoms. The lowest BCUT2D eigenvalue weighted by Crippen LogP contribution is -2.27. The standard InChI is InChI=1S/C16H25NO3.ClH/c1-3-17(4-2)8-10-18-9-7-14-5-6-15-16(13-14)20-12-11-19-15;/h5-6,13H,3-4,7-12H2,1-2H3;1H. The molecule has 0 amide bonds. The number of hydrogen-bond donors (Lipinski definition) is 0. The number of nitrogens with zero attached hydrogens (tertiary/aromatic N) is 1. The molecule has 1 aliphatic rings. The fraction of sp³-hybridized carbons (Fsp3) is 0.625. The first-order valence-electron chi connectivity index (χ1n) is 7.52. The second-order valence-corrected chi connectivity index (χ2v) is 4.87. The average Bonchev–Trinajstić information content (AvgIpc) is 2.51. The van der Waals surface area contributed by atoms with E-state index in [1.54, 1.807) is 0 Å². The lowest BCUT2D eigenvalue weighted by atomic mass is 10.1. The van der Waals surface area contributed by atoms with Gasteiger partial charge in [0, 0.05) is 6.54 Å². The Balaban J connectivity index is 0.00000220. The summed E-state index contributed by atoms with van der Waals surface area (Å²) >= 11 is 0. The van der Waals surface area contributed by atoms with Crippen molar-refractivity contribution in [1.29, 1.82) is 0 Å². The zero-order chi connectivity index (χ0) is 14.2. The lowest BCUT2D eigenvalue weighted by molar-refractivity contribution is 0.109. The molecule has 4 nitrogen and oxygen atoms in total. The van der Waals surface area contributed by atoms with Crippen LogP contribution in [0.1, 0.15) is 19.4 Å². The largest absolute Gasteiger partial charge is 0.486 e. The molecule has 5 heteroatoms. The van der Waals surface area contributed by atoms with Crippen LogP contribution in [-0.4, -0.2) is 51.0 Å². The highest BCUT2D eigenvalue weighted by atomic mass is 35.5. The molecule has 120 valence electrons. The fourth-order valence-corrected chi connectivity index (χ4v) is 2.27. The van der Waals surface area contributed by atoms with E-state index in [0.29, 0.717) is 13.2 Å². The van der Waals surface area contributed by atoms with E-state index in [4.69, 9.17) is 14.2 Å². The van der Waals surface area contributed by atoms with Gasteiger partial charge in [0.1, 0.15) is 13.2 Å². The number of hydrogen-bond acceptors (Lipinski definition) is 4. The van der Waals surface area contributed by atoms with Crippen molar-refractivity contribution in [2.24, 2.45) is 0 Å². The Hall–Kier alpha value is -0.970. The van der Waals surface area contributed by atoms with E-state index >= 15 is 0 Å². The molecule has 0 bridgehead atoms. The molecule has 0 aromatic heterocycles. The van der Waals surface area contributed by atoms with Gasteiger partial charge >= 0.3 is 0 Å². The maximum Gasteiger partial charge on any atom is 0.161 e. The Bertz CT molecular complexity index is 411. The van der Waals surface area contributed by atoms with Gasteiger partial charge in [-0.05, 0) is 37.2 Å². The van der Waals surface area contributed by atoms with Crippen molar-refractivity contribution < 1.29 is 14.2 Å². The van der Waals surface area contributed by atoms with E-state index < -0.39 is 0 Å². The van der Waals surface area contributed by atoms with Gasteiger partial charge in [0.25, 0.3) is 0 Å². The van der Waals surface area contributed by atoms with Crippen LogP contribution in [0.3, 0.4) is 0 Å². The zero-order valence-corrected chi connectivity index (χ0v) is 13.8. The SMILES string of the molecule is CCN(CC)CCOCCc1ccc2c(c1)OCCO2.Cl. The molecule has 1 aliphatic heterocycles. The van der Waals surface area contributed by atoms with Gasteiger partial charge in [-0.15, -0.1) is 12.4 Å². The highest BCUT2D eigenvalue weighted by Crippen LogP contribution is 2.30. The monoisotopic (exact) mass is 315 g/mol. The van der Waals surface area contributed by atoms with Crippen LogP contribution in [-0.2, 0) is 11.2 Å².